The standard InChI is InChI=1S/C28H53N5O/c1-10-26-18-33(31-30-26)20-28(8,9)34-21-27(6,7)19-32-16-14-25(15-17-32)13-11-12-23(4)29-24(5)22(2)3/h18,22,24-25,29H,4,10-17,19-21H2,1-3,5-9H3. The van der Waals surface area contributed by atoms with E-state index in [0.29, 0.717) is 12.0 Å². The third-order valence-corrected chi connectivity index (χ3v) is 7.23. The Balaban J connectivity index is 1.66. The van der Waals surface area contributed by atoms with Gasteiger partial charge in [-0.15, -0.1) is 5.10 Å². The van der Waals surface area contributed by atoms with Crippen LogP contribution in [-0.4, -0.2) is 57.8 Å². The average Bonchev–Trinajstić information content (AvgIpc) is 3.20. The fraction of sp³-hybridized carbons (Fsp3) is 0.857. The van der Waals surface area contributed by atoms with E-state index in [4.69, 9.17) is 4.74 Å². The lowest BCUT2D eigenvalue weighted by atomic mass is 9.88. The summed E-state index contributed by atoms with van der Waals surface area (Å²) in [5.41, 5.74) is 2.09. The van der Waals surface area contributed by atoms with Crippen molar-refractivity contribution in [3.63, 3.8) is 0 Å². The molecule has 0 radical (unpaired) electrons. The summed E-state index contributed by atoms with van der Waals surface area (Å²) in [6, 6.07) is 0.505. The van der Waals surface area contributed by atoms with Crippen LogP contribution in [0.1, 0.15) is 93.2 Å². The van der Waals surface area contributed by atoms with Gasteiger partial charge in [0, 0.05) is 29.9 Å². The Morgan fingerprint density at radius 2 is 1.85 bits per heavy atom. The Labute approximate surface area is 209 Å². The normalized spacial score (nSPS) is 17.3. The maximum Gasteiger partial charge on any atom is 0.0824 e. The van der Waals surface area contributed by atoms with Crippen molar-refractivity contribution >= 4 is 0 Å². The zero-order valence-electron chi connectivity index (χ0n) is 23.5. The third kappa shape index (κ3) is 10.5. The molecule has 0 aliphatic carbocycles. The number of aryl methyl sites for hydroxylation is 1. The van der Waals surface area contributed by atoms with Crippen LogP contribution in [0.4, 0.5) is 0 Å². The van der Waals surface area contributed by atoms with E-state index in [2.05, 4.69) is 82.5 Å². The minimum absolute atomic E-state index is 0.123. The summed E-state index contributed by atoms with van der Waals surface area (Å²) < 4.78 is 8.30. The highest BCUT2D eigenvalue weighted by molar-refractivity contribution is 4.94. The molecule has 1 N–H and O–H groups in total. The Bertz CT molecular complexity index is 731. The van der Waals surface area contributed by atoms with Gasteiger partial charge in [-0.25, -0.2) is 4.68 Å². The molecule has 1 unspecified atom stereocenters. The number of nitrogens with zero attached hydrogens (tertiary/aromatic N) is 4. The van der Waals surface area contributed by atoms with Crippen LogP contribution in [0.2, 0.25) is 0 Å². The molecule has 0 bridgehead atoms. The molecule has 196 valence electrons. The number of likely N-dealkylation sites (tertiary alicyclic amines) is 1. The maximum atomic E-state index is 6.39. The molecule has 1 aromatic rings. The van der Waals surface area contributed by atoms with Gasteiger partial charge in [-0.2, -0.15) is 0 Å². The zero-order valence-corrected chi connectivity index (χ0v) is 23.5. The van der Waals surface area contributed by atoms with E-state index >= 15 is 0 Å². The smallest absolute Gasteiger partial charge is 0.0824 e. The van der Waals surface area contributed by atoms with Crippen LogP contribution in [0, 0.1) is 17.3 Å². The summed E-state index contributed by atoms with van der Waals surface area (Å²) >= 11 is 0. The molecule has 2 heterocycles. The van der Waals surface area contributed by atoms with Gasteiger partial charge in [-0.1, -0.05) is 46.4 Å². The lowest BCUT2D eigenvalue weighted by molar-refractivity contribution is -0.0731. The first kappa shape index (κ1) is 28.8. The van der Waals surface area contributed by atoms with Gasteiger partial charge >= 0.3 is 0 Å². The predicted molar refractivity (Wildman–Crippen MR) is 143 cm³/mol. The number of rotatable bonds is 15. The van der Waals surface area contributed by atoms with Crippen molar-refractivity contribution in [3.05, 3.63) is 24.2 Å². The van der Waals surface area contributed by atoms with E-state index < -0.39 is 0 Å². The van der Waals surface area contributed by atoms with Crippen LogP contribution in [0.25, 0.3) is 0 Å². The molecule has 1 atom stereocenters. The Hall–Kier alpha value is -1.40. The highest BCUT2D eigenvalue weighted by atomic mass is 16.5. The second kappa shape index (κ2) is 13.1. The van der Waals surface area contributed by atoms with E-state index in [1.807, 2.05) is 10.9 Å². The van der Waals surface area contributed by atoms with E-state index in [-0.39, 0.29) is 11.0 Å². The number of allylic oxidation sites excluding steroid dienone is 1. The molecular weight excluding hydrogens is 422 g/mol. The number of aromatic nitrogens is 3. The largest absolute Gasteiger partial charge is 0.386 e. The summed E-state index contributed by atoms with van der Waals surface area (Å²) in [7, 11) is 0. The van der Waals surface area contributed by atoms with Gasteiger partial charge < -0.3 is 15.0 Å². The predicted octanol–water partition coefficient (Wildman–Crippen LogP) is 5.69. The number of hydrogen-bond acceptors (Lipinski definition) is 5. The van der Waals surface area contributed by atoms with Gasteiger partial charge in [0.05, 0.1) is 24.4 Å². The lowest BCUT2D eigenvalue weighted by Gasteiger charge is -2.39. The van der Waals surface area contributed by atoms with Crippen LogP contribution in [0.5, 0.6) is 0 Å². The molecule has 0 spiro atoms. The Kier molecular flexibility index (Phi) is 11.1. The number of piperidine rings is 1. The molecule has 0 aromatic carbocycles. The fourth-order valence-corrected chi connectivity index (χ4v) is 4.65. The zero-order chi connectivity index (χ0) is 25.4. The first-order valence-corrected chi connectivity index (χ1v) is 13.6. The van der Waals surface area contributed by atoms with E-state index in [0.717, 1.165) is 44.1 Å². The molecule has 1 aromatic heterocycles. The molecule has 2 rings (SSSR count). The maximum absolute atomic E-state index is 6.39. The van der Waals surface area contributed by atoms with Gasteiger partial charge in [0.1, 0.15) is 0 Å². The van der Waals surface area contributed by atoms with Crippen LogP contribution in [0.3, 0.4) is 0 Å². The second-order valence-corrected chi connectivity index (χ2v) is 12.4. The topological polar surface area (TPSA) is 55.2 Å². The first-order chi connectivity index (χ1) is 15.9. The molecule has 34 heavy (non-hydrogen) atoms. The van der Waals surface area contributed by atoms with Crippen molar-refractivity contribution in [2.75, 3.05) is 26.2 Å². The van der Waals surface area contributed by atoms with Crippen LogP contribution >= 0.6 is 0 Å². The summed E-state index contributed by atoms with van der Waals surface area (Å²) in [5, 5.41) is 12.0. The number of ether oxygens (including phenoxy) is 1. The van der Waals surface area contributed by atoms with Gasteiger partial charge in [-0.05, 0) is 84.2 Å². The lowest BCUT2D eigenvalue weighted by Crippen LogP contribution is -2.43. The Morgan fingerprint density at radius 3 is 2.44 bits per heavy atom. The van der Waals surface area contributed by atoms with E-state index in [1.54, 1.807) is 0 Å². The molecule has 1 fully saturated rings. The van der Waals surface area contributed by atoms with Gasteiger partial charge in [0.25, 0.3) is 0 Å². The van der Waals surface area contributed by atoms with Crippen molar-refractivity contribution < 1.29 is 4.74 Å². The van der Waals surface area contributed by atoms with E-state index in [9.17, 15) is 0 Å². The minimum Gasteiger partial charge on any atom is -0.386 e. The SMILES string of the molecule is C=C(CCCC1CCN(CC(C)(C)COC(C)(C)Cn2cc(CC)nn2)CC1)NC(C)C(C)C. The van der Waals surface area contributed by atoms with Crippen LogP contribution in [0.15, 0.2) is 18.5 Å². The molecule has 1 aliphatic heterocycles. The summed E-state index contributed by atoms with van der Waals surface area (Å²) in [4.78, 5) is 2.64. The highest BCUT2D eigenvalue weighted by Gasteiger charge is 2.29. The number of hydrogen-bond donors (Lipinski definition) is 1. The molecule has 1 aliphatic rings. The van der Waals surface area contributed by atoms with Crippen LogP contribution < -0.4 is 5.32 Å². The molecule has 0 amide bonds. The molecule has 1 saturated heterocycles. The van der Waals surface area contributed by atoms with Crippen molar-refractivity contribution in [3.8, 4) is 0 Å². The van der Waals surface area contributed by atoms with Crippen LogP contribution in [-0.2, 0) is 17.7 Å². The van der Waals surface area contributed by atoms with E-state index in [1.165, 1.54) is 44.5 Å². The van der Waals surface area contributed by atoms with Gasteiger partial charge in [0.15, 0.2) is 0 Å². The fourth-order valence-electron chi connectivity index (χ4n) is 4.65. The average molecular weight is 476 g/mol. The Morgan fingerprint density at radius 1 is 1.18 bits per heavy atom. The molecule has 0 saturated carbocycles. The monoisotopic (exact) mass is 475 g/mol. The quantitative estimate of drug-likeness (QED) is 0.353. The van der Waals surface area contributed by atoms with Gasteiger partial charge in [-0.3, -0.25) is 0 Å². The van der Waals surface area contributed by atoms with Crippen molar-refractivity contribution in [1.29, 1.82) is 0 Å². The van der Waals surface area contributed by atoms with Crippen molar-refractivity contribution in [2.24, 2.45) is 17.3 Å². The highest BCUT2D eigenvalue weighted by Crippen LogP contribution is 2.27. The third-order valence-electron chi connectivity index (χ3n) is 7.23. The van der Waals surface area contributed by atoms with Crippen molar-refractivity contribution in [2.45, 2.75) is 112 Å². The molecule has 6 heteroatoms. The number of nitrogens with one attached hydrogen (secondary N) is 1. The van der Waals surface area contributed by atoms with Crippen molar-refractivity contribution in [1.82, 2.24) is 25.2 Å². The molecule has 6 nitrogen and oxygen atoms in total. The van der Waals surface area contributed by atoms with Gasteiger partial charge in [0.2, 0.25) is 0 Å². The summed E-state index contributed by atoms with van der Waals surface area (Å²) in [6.45, 7) is 27.0. The minimum atomic E-state index is -0.269. The molecular formula is C28H53N5O. The first-order valence-electron chi connectivity index (χ1n) is 13.6. The summed E-state index contributed by atoms with van der Waals surface area (Å²) in [6.07, 6.45) is 9.25. The summed E-state index contributed by atoms with van der Waals surface area (Å²) in [5.74, 6) is 1.50. The second-order valence-electron chi connectivity index (χ2n) is 12.4.